The molecule has 36 heavy (non-hydrogen) atoms. The van der Waals surface area contributed by atoms with Crippen LogP contribution in [0.3, 0.4) is 0 Å². The monoisotopic (exact) mass is 518 g/mol. The van der Waals surface area contributed by atoms with Crippen molar-refractivity contribution in [3.8, 4) is 5.75 Å². The summed E-state index contributed by atoms with van der Waals surface area (Å²) in [7, 11) is -2.98. The average Bonchev–Trinajstić information content (AvgIpc) is 3.35. The predicted octanol–water partition coefficient (Wildman–Crippen LogP) is 4.03. The molecule has 0 aliphatic carbocycles. The number of fused-ring (bicyclic) bond motifs is 3. The van der Waals surface area contributed by atoms with Gasteiger partial charge in [-0.05, 0) is 49.3 Å². The van der Waals surface area contributed by atoms with Crippen molar-refractivity contribution in [3.63, 3.8) is 0 Å². The van der Waals surface area contributed by atoms with Crippen molar-refractivity contribution < 1.29 is 31.8 Å². The molecule has 2 aromatic rings. The molecule has 0 radical (unpaired) electrons. The van der Waals surface area contributed by atoms with E-state index in [2.05, 4.69) is 9.62 Å². The number of rotatable bonds is 9. The third-order valence-corrected chi connectivity index (χ3v) is 8.08. The largest absolute Gasteiger partial charge is 0.490 e. The molecule has 0 amide bonds. The van der Waals surface area contributed by atoms with E-state index in [0.29, 0.717) is 18.9 Å². The van der Waals surface area contributed by atoms with Gasteiger partial charge in [0.15, 0.2) is 0 Å². The Morgan fingerprint density at radius 3 is 2.75 bits per heavy atom. The van der Waals surface area contributed by atoms with Crippen LogP contribution in [-0.4, -0.2) is 65.3 Å². The molecule has 0 spiro atoms. The number of carbonyl (C=O) groups excluding carboxylic acids is 1. The van der Waals surface area contributed by atoms with Crippen LogP contribution in [0.5, 0.6) is 5.75 Å². The van der Waals surface area contributed by atoms with Crippen LogP contribution in [0.1, 0.15) is 47.7 Å². The highest BCUT2D eigenvalue weighted by molar-refractivity contribution is 7.92. The summed E-state index contributed by atoms with van der Waals surface area (Å²) in [5.41, 5.74) is 1.02. The minimum Gasteiger partial charge on any atom is -0.490 e. The number of likely N-dealkylation sites (N-methyl/N-ethyl adjacent to an activating group) is 1. The number of benzene rings is 2. The zero-order chi connectivity index (χ0) is 25.9. The Kier molecular flexibility index (Phi) is 7.97. The van der Waals surface area contributed by atoms with Crippen LogP contribution >= 0.6 is 0 Å². The summed E-state index contributed by atoms with van der Waals surface area (Å²) in [5.74, 6) is -0.919. The molecule has 10 heteroatoms. The van der Waals surface area contributed by atoms with E-state index >= 15 is 0 Å². The number of esters is 1. The Balaban J connectivity index is 1.70. The number of ether oxygens (including phenoxy) is 3. The Morgan fingerprint density at radius 1 is 1.25 bits per heavy atom. The van der Waals surface area contributed by atoms with E-state index in [1.165, 1.54) is 25.3 Å². The van der Waals surface area contributed by atoms with E-state index < -0.39 is 21.8 Å². The van der Waals surface area contributed by atoms with Crippen LogP contribution in [0.25, 0.3) is 6.08 Å². The third-order valence-electron chi connectivity index (χ3n) is 6.64. The highest BCUT2D eigenvalue weighted by Crippen LogP contribution is 2.45. The summed E-state index contributed by atoms with van der Waals surface area (Å²) in [6, 6.07) is 6.76. The van der Waals surface area contributed by atoms with Crippen LogP contribution in [-0.2, 0) is 19.5 Å². The van der Waals surface area contributed by atoms with Crippen molar-refractivity contribution in [1.29, 1.82) is 0 Å². The van der Waals surface area contributed by atoms with Crippen LogP contribution in [0.15, 0.2) is 41.3 Å². The zero-order valence-electron chi connectivity index (χ0n) is 20.6. The molecule has 1 saturated heterocycles. The van der Waals surface area contributed by atoms with Crippen LogP contribution < -0.4 is 9.46 Å². The number of anilines is 1. The molecule has 2 atom stereocenters. The molecule has 8 nitrogen and oxygen atoms in total. The number of halogens is 1. The lowest BCUT2D eigenvalue weighted by Crippen LogP contribution is -2.30. The molecule has 4 rings (SSSR count). The molecule has 0 aromatic heterocycles. The molecule has 194 valence electrons. The fourth-order valence-electron chi connectivity index (χ4n) is 4.67. The first-order valence-electron chi connectivity index (χ1n) is 12.0. The first-order chi connectivity index (χ1) is 17.3. The highest BCUT2D eigenvalue weighted by atomic mass is 32.2. The molecule has 1 fully saturated rings. The molecule has 0 saturated carbocycles. The lowest BCUT2D eigenvalue weighted by atomic mass is 9.88. The molecular formula is C26H31FN2O6S. The first-order valence-corrected chi connectivity index (χ1v) is 13.5. The number of nitrogens with zero attached hydrogens (tertiary/aromatic N) is 1. The van der Waals surface area contributed by atoms with Crippen LogP contribution in [0, 0.1) is 5.82 Å². The van der Waals surface area contributed by atoms with Gasteiger partial charge in [-0.2, -0.15) is 0 Å². The van der Waals surface area contributed by atoms with E-state index in [1.807, 2.05) is 13.8 Å². The SMILES string of the molecule is CCN(CC)C/C=C\c1cc(F)ccc1S(=O)(=O)Nc1ccc2c(c1C(=O)OC)OCC1OCCC21. The van der Waals surface area contributed by atoms with Crippen molar-refractivity contribution in [1.82, 2.24) is 4.90 Å². The fourth-order valence-corrected chi connectivity index (χ4v) is 5.93. The van der Waals surface area contributed by atoms with Crippen molar-refractivity contribution in [2.75, 3.05) is 44.7 Å². The Labute approximate surface area is 211 Å². The van der Waals surface area contributed by atoms with Crippen molar-refractivity contribution in [2.45, 2.75) is 37.2 Å². The number of nitrogens with one attached hydrogen (secondary N) is 1. The second-order valence-electron chi connectivity index (χ2n) is 8.69. The van der Waals surface area contributed by atoms with E-state index in [1.54, 1.807) is 18.2 Å². The van der Waals surface area contributed by atoms with Crippen LogP contribution in [0.2, 0.25) is 0 Å². The van der Waals surface area contributed by atoms with Gasteiger partial charge in [0.1, 0.15) is 23.7 Å². The van der Waals surface area contributed by atoms with E-state index in [9.17, 15) is 17.6 Å². The number of sulfonamides is 1. The first kappa shape index (κ1) is 26.1. The molecule has 2 aliphatic rings. The van der Waals surface area contributed by atoms with E-state index in [0.717, 1.165) is 31.1 Å². The molecule has 0 bridgehead atoms. The minimum atomic E-state index is -4.20. The maximum absolute atomic E-state index is 14.0. The number of methoxy groups -OCH3 is 1. The minimum absolute atomic E-state index is 0.00432. The summed E-state index contributed by atoms with van der Waals surface area (Å²) in [5, 5.41) is 0. The van der Waals surface area contributed by atoms with Gasteiger partial charge < -0.3 is 19.1 Å². The molecule has 2 aliphatic heterocycles. The Hall–Kier alpha value is -2.95. The molecule has 2 aromatic carbocycles. The van der Waals surface area contributed by atoms with Gasteiger partial charge in [-0.15, -0.1) is 0 Å². The molecule has 1 N–H and O–H groups in total. The standard InChI is InChI=1S/C26H31FN2O6S/c1-4-29(5-2)13-6-7-17-15-18(27)8-11-23(17)36(31,32)28-21-10-9-20-19-12-14-34-22(19)16-35-25(20)24(21)26(30)33-3/h6-11,15,19,22,28H,4-5,12-14,16H2,1-3H3/b7-6-. The maximum atomic E-state index is 14.0. The fraction of sp³-hybridized carbons (Fsp3) is 0.423. The summed E-state index contributed by atoms with van der Waals surface area (Å²) in [6.07, 6.45) is 4.07. The Morgan fingerprint density at radius 2 is 2.03 bits per heavy atom. The summed E-state index contributed by atoms with van der Waals surface area (Å²) in [6.45, 7) is 7.17. The maximum Gasteiger partial charge on any atom is 0.343 e. The number of hydrogen-bond donors (Lipinski definition) is 1. The number of hydrogen-bond acceptors (Lipinski definition) is 7. The van der Waals surface area contributed by atoms with Gasteiger partial charge in [0.2, 0.25) is 0 Å². The van der Waals surface area contributed by atoms with Gasteiger partial charge in [-0.1, -0.05) is 32.1 Å². The second-order valence-corrected chi connectivity index (χ2v) is 10.3. The highest BCUT2D eigenvalue weighted by Gasteiger charge is 2.39. The molecular weight excluding hydrogens is 487 g/mol. The van der Waals surface area contributed by atoms with Gasteiger partial charge in [0.05, 0.1) is 23.8 Å². The van der Waals surface area contributed by atoms with Crippen molar-refractivity contribution >= 4 is 27.8 Å². The summed E-state index contributed by atoms with van der Waals surface area (Å²) >= 11 is 0. The lowest BCUT2D eigenvalue weighted by molar-refractivity contribution is 0.0469. The Bertz CT molecular complexity index is 1260. The predicted molar refractivity (Wildman–Crippen MR) is 134 cm³/mol. The normalized spacial score (nSPS) is 19.1. The van der Waals surface area contributed by atoms with Gasteiger partial charge in [-0.25, -0.2) is 17.6 Å². The smallest absolute Gasteiger partial charge is 0.343 e. The summed E-state index contributed by atoms with van der Waals surface area (Å²) in [4.78, 5) is 14.8. The van der Waals surface area contributed by atoms with Gasteiger partial charge >= 0.3 is 5.97 Å². The van der Waals surface area contributed by atoms with Crippen molar-refractivity contribution in [3.05, 3.63) is 58.9 Å². The van der Waals surface area contributed by atoms with Gasteiger partial charge in [-0.3, -0.25) is 4.72 Å². The second kappa shape index (κ2) is 11.0. The topological polar surface area (TPSA) is 94.2 Å². The van der Waals surface area contributed by atoms with Crippen LogP contribution in [0.4, 0.5) is 10.1 Å². The molecule has 2 heterocycles. The quantitative estimate of drug-likeness (QED) is 0.501. The van der Waals surface area contributed by atoms with Gasteiger partial charge in [0, 0.05) is 24.6 Å². The summed E-state index contributed by atoms with van der Waals surface area (Å²) < 4.78 is 60.0. The van der Waals surface area contributed by atoms with E-state index in [-0.39, 0.29) is 40.3 Å². The lowest BCUT2D eigenvalue weighted by Gasteiger charge is -2.29. The number of carbonyl (C=O) groups is 1. The zero-order valence-corrected chi connectivity index (χ0v) is 21.4. The van der Waals surface area contributed by atoms with Crippen molar-refractivity contribution in [2.24, 2.45) is 0 Å². The van der Waals surface area contributed by atoms with E-state index in [4.69, 9.17) is 14.2 Å². The third kappa shape index (κ3) is 5.25. The van der Waals surface area contributed by atoms with Gasteiger partial charge in [0.25, 0.3) is 10.0 Å². The average molecular weight is 519 g/mol. The molecule has 2 unspecified atom stereocenters.